The van der Waals surface area contributed by atoms with Crippen molar-refractivity contribution < 1.29 is 0 Å². The van der Waals surface area contributed by atoms with Crippen molar-refractivity contribution in [2.45, 2.75) is 45.6 Å². The monoisotopic (exact) mass is 211 g/mol. The summed E-state index contributed by atoms with van der Waals surface area (Å²) in [4.78, 5) is 0. The predicted molar refractivity (Wildman–Crippen MR) is 65.1 cm³/mol. The van der Waals surface area contributed by atoms with Crippen molar-refractivity contribution in [1.29, 1.82) is 0 Å². The van der Waals surface area contributed by atoms with Crippen LogP contribution in [0.1, 0.15) is 45.1 Å². The highest BCUT2D eigenvalue weighted by Gasteiger charge is 2.09. The summed E-state index contributed by atoms with van der Waals surface area (Å²) in [5.41, 5.74) is 1.49. The average Bonchev–Trinajstić information content (AvgIpc) is 2.67. The summed E-state index contributed by atoms with van der Waals surface area (Å²) < 4.78 is 0. The van der Waals surface area contributed by atoms with E-state index in [2.05, 4.69) is 42.9 Å². The van der Waals surface area contributed by atoms with Crippen molar-refractivity contribution in [3.63, 3.8) is 0 Å². The maximum Gasteiger partial charge on any atom is 0.00444 e. The third-order valence-corrected chi connectivity index (χ3v) is 3.26. The van der Waals surface area contributed by atoms with Crippen LogP contribution >= 0.6 is 11.3 Å². The molecular formula is C12H21NS. The highest BCUT2D eigenvalue weighted by atomic mass is 32.1. The number of hydrogen-bond acceptors (Lipinski definition) is 2. The van der Waals surface area contributed by atoms with E-state index in [0.29, 0.717) is 12.0 Å². The van der Waals surface area contributed by atoms with Gasteiger partial charge in [-0.05, 0) is 54.6 Å². The van der Waals surface area contributed by atoms with Crippen LogP contribution in [0.2, 0.25) is 0 Å². The molecule has 80 valence electrons. The predicted octanol–water partition coefficient (Wildman–Crippen LogP) is 3.63. The van der Waals surface area contributed by atoms with Gasteiger partial charge in [0.1, 0.15) is 0 Å². The van der Waals surface area contributed by atoms with Crippen LogP contribution in [0.25, 0.3) is 0 Å². The molecule has 1 aromatic rings. The first-order chi connectivity index (χ1) is 6.74. The zero-order valence-corrected chi connectivity index (χ0v) is 10.2. The fourth-order valence-electron chi connectivity index (χ4n) is 1.70. The van der Waals surface area contributed by atoms with Gasteiger partial charge in [-0.25, -0.2) is 0 Å². The van der Waals surface area contributed by atoms with E-state index in [-0.39, 0.29) is 0 Å². The number of nitrogens with one attached hydrogen (secondary N) is 1. The van der Waals surface area contributed by atoms with Crippen molar-refractivity contribution in [3.8, 4) is 0 Å². The van der Waals surface area contributed by atoms with E-state index in [1.54, 1.807) is 11.3 Å². The molecule has 2 heteroatoms. The summed E-state index contributed by atoms with van der Waals surface area (Å²) in [5, 5.41) is 7.95. The Morgan fingerprint density at radius 1 is 1.43 bits per heavy atom. The molecule has 0 bridgehead atoms. The Morgan fingerprint density at radius 2 is 2.21 bits per heavy atom. The standard InChI is InChI=1S/C12H21NS/c1-4-6-13-11(3)8-10(2)12-5-7-14-9-12/h5,7,9-11,13H,4,6,8H2,1-3H3. The quantitative estimate of drug-likeness (QED) is 0.757. The summed E-state index contributed by atoms with van der Waals surface area (Å²) in [5.74, 6) is 0.681. The summed E-state index contributed by atoms with van der Waals surface area (Å²) in [6.45, 7) is 7.93. The van der Waals surface area contributed by atoms with Crippen molar-refractivity contribution in [1.82, 2.24) is 5.32 Å². The second kappa shape index (κ2) is 6.20. The molecular weight excluding hydrogens is 190 g/mol. The molecule has 0 aliphatic rings. The molecule has 0 aliphatic heterocycles. The van der Waals surface area contributed by atoms with Crippen molar-refractivity contribution in [2.24, 2.45) is 0 Å². The first kappa shape index (κ1) is 11.7. The normalized spacial score (nSPS) is 15.4. The molecule has 2 atom stereocenters. The summed E-state index contributed by atoms with van der Waals surface area (Å²) in [6, 6.07) is 2.87. The van der Waals surface area contributed by atoms with Crippen molar-refractivity contribution in [3.05, 3.63) is 22.4 Å². The minimum atomic E-state index is 0.629. The first-order valence-corrected chi connectivity index (χ1v) is 6.43. The second-order valence-corrected chi connectivity index (χ2v) is 4.83. The third kappa shape index (κ3) is 3.81. The van der Waals surface area contributed by atoms with E-state index >= 15 is 0 Å². The molecule has 1 N–H and O–H groups in total. The maximum absolute atomic E-state index is 3.53. The summed E-state index contributed by atoms with van der Waals surface area (Å²) in [7, 11) is 0. The molecule has 1 rings (SSSR count). The van der Waals surface area contributed by atoms with Crippen LogP contribution in [0.15, 0.2) is 16.8 Å². The van der Waals surface area contributed by atoms with E-state index in [1.165, 1.54) is 18.4 Å². The molecule has 0 aliphatic carbocycles. The van der Waals surface area contributed by atoms with Gasteiger partial charge in [-0.3, -0.25) is 0 Å². The Labute approximate surface area is 91.5 Å². The molecule has 1 nitrogen and oxygen atoms in total. The molecule has 0 spiro atoms. The highest BCUT2D eigenvalue weighted by Crippen LogP contribution is 2.22. The van der Waals surface area contributed by atoms with E-state index in [0.717, 1.165) is 6.54 Å². The minimum Gasteiger partial charge on any atom is -0.314 e. The molecule has 0 saturated carbocycles. The van der Waals surface area contributed by atoms with Crippen LogP contribution in [-0.4, -0.2) is 12.6 Å². The lowest BCUT2D eigenvalue weighted by atomic mass is 9.97. The molecule has 1 heterocycles. The minimum absolute atomic E-state index is 0.629. The fraction of sp³-hybridized carbons (Fsp3) is 0.667. The SMILES string of the molecule is CCCNC(C)CC(C)c1ccsc1. The van der Waals surface area contributed by atoms with Gasteiger partial charge in [-0.15, -0.1) is 0 Å². The van der Waals surface area contributed by atoms with E-state index in [9.17, 15) is 0 Å². The molecule has 0 amide bonds. The first-order valence-electron chi connectivity index (χ1n) is 5.49. The number of rotatable bonds is 6. The summed E-state index contributed by atoms with van der Waals surface area (Å²) in [6.07, 6.45) is 2.45. The Morgan fingerprint density at radius 3 is 2.79 bits per heavy atom. The lowest BCUT2D eigenvalue weighted by Crippen LogP contribution is -2.27. The van der Waals surface area contributed by atoms with Crippen LogP contribution in [0.5, 0.6) is 0 Å². The molecule has 0 aromatic carbocycles. The van der Waals surface area contributed by atoms with Gasteiger partial charge in [0.2, 0.25) is 0 Å². The van der Waals surface area contributed by atoms with E-state index in [4.69, 9.17) is 0 Å². The van der Waals surface area contributed by atoms with Gasteiger partial charge in [-0.1, -0.05) is 13.8 Å². The molecule has 2 unspecified atom stereocenters. The van der Waals surface area contributed by atoms with Crippen LogP contribution in [0, 0.1) is 0 Å². The lowest BCUT2D eigenvalue weighted by molar-refractivity contribution is 0.479. The van der Waals surface area contributed by atoms with Gasteiger partial charge >= 0.3 is 0 Å². The van der Waals surface area contributed by atoms with Crippen molar-refractivity contribution in [2.75, 3.05) is 6.54 Å². The van der Waals surface area contributed by atoms with Gasteiger partial charge in [0.05, 0.1) is 0 Å². The van der Waals surface area contributed by atoms with Crippen LogP contribution in [0.3, 0.4) is 0 Å². The molecule has 0 radical (unpaired) electrons. The fourth-order valence-corrected chi connectivity index (χ4v) is 2.48. The Hall–Kier alpha value is -0.340. The van der Waals surface area contributed by atoms with Gasteiger partial charge < -0.3 is 5.32 Å². The topological polar surface area (TPSA) is 12.0 Å². The van der Waals surface area contributed by atoms with Crippen molar-refractivity contribution >= 4 is 11.3 Å². The summed E-state index contributed by atoms with van der Waals surface area (Å²) >= 11 is 1.79. The zero-order valence-electron chi connectivity index (χ0n) is 9.42. The molecule has 0 saturated heterocycles. The van der Waals surface area contributed by atoms with Gasteiger partial charge in [0, 0.05) is 6.04 Å². The van der Waals surface area contributed by atoms with Crippen LogP contribution in [0.4, 0.5) is 0 Å². The van der Waals surface area contributed by atoms with E-state index in [1.807, 2.05) is 0 Å². The van der Waals surface area contributed by atoms with Gasteiger partial charge in [0.15, 0.2) is 0 Å². The van der Waals surface area contributed by atoms with Gasteiger partial charge in [0.25, 0.3) is 0 Å². The van der Waals surface area contributed by atoms with E-state index < -0.39 is 0 Å². The highest BCUT2D eigenvalue weighted by molar-refractivity contribution is 7.07. The smallest absolute Gasteiger partial charge is 0.00444 e. The van der Waals surface area contributed by atoms with Gasteiger partial charge in [-0.2, -0.15) is 11.3 Å². The molecule has 14 heavy (non-hydrogen) atoms. The zero-order chi connectivity index (χ0) is 10.4. The Bertz CT molecular complexity index is 230. The maximum atomic E-state index is 3.53. The van der Waals surface area contributed by atoms with Crippen LogP contribution in [-0.2, 0) is 0 Å². The van der Waals surface area contributed by atoms with Crippen LogP contribution < -0.4 is 5.32 Å². The Balaban J connectivity index is 2.29. The largest absolute Gasteiger partial charge is 0.314 e. The third-order valence-electron chi connectivity index (χ3n) is 2.56. The average molecular weight is 211 g/mol. The Kier molecular flexibility index (Phi) is 5.20. The lowest BCUT2D eigenvalue weighted by Gasteiger charge is -2.17. The number of thiophene rings is 1. The number of hydrogen-bond donors (Lipinski definition) is 1. The second-order valence-electron chi connectivity index (χ2n) is 4.05. The molecule has 1 aromatic heterocycles. The molecule has 0 fully saturated rings.